The second-order valence-corrected chi connectivity index (χ2v) is 3.41. The molecule has 0 aliphatic heterocycles. The molecule has 0 rings (SSSR count). The van der Waals surface area contributed by atoms with Crippen LogP contribution in [0.2, 0.25) is 0 Å². The van der Waals surface area contributed by atoms with Gasteiger partial charge in [0.2, 0.25) is 11.8 Å². The lowest BCUT2D eigenvalue weighted by atomic mass is 10.2. The molecule has 0 saturated heterocycles. The third kappa shape index (κ3) is 5.66. The van der Waals surface area contributed by atoms with E-state index >= 15 is 0 Å². The number of hydrogen-bond donors (Lipinski definition) is 3. The first-order valence-corrected chi connectivity index (χ1v) is 4.62. The van der Waals surface area contributed by atoms with Crippen LogP contribution in [0.3, 0.4) is 0 Å². The average Bonchev–Trinajstić information content (AvgIpc) is 2.12. The van der Waals surface area contributed by atoms with Crippen LogP contribution in [0.1, 0.15) is 20.8 Å². The van der Waals surface area contributed by atoms with E-state index in [4.69, 9.17) is 5.11 Å². The summed E-state index contributed by atoms with van der Waals surface area (Å²) in [5.74, 6) is -2.30. The van der Waals surface area contributed by atoms with Crippen molar-refractivity contribution in [3.8, 4) is 0 Å². The predicted molar refractivity (Wildman–Crippen MR) is 53.1 cm³/mol. The van der Waals surface area contributed by atoms with E-state index in [9.17, 15) is 14.4 Å². The van der Waals surface area contributed by atoms with Crippen LogP contribution < -0.4 is 10.6 Å². The lowest BCUT2D eigenvalue weighted by molar-refractivity contribution is -0.141. The van der Waals surface area contributed by atoms with Crippen LogP contribution in [0.4, 0.5) is 0 Å². The minimum Gasteiger partial charge on any atom is -0.481 e. The van der Waals surface area contributed by atoms with Crippen LogP contribution in [-0.2, 0) is 14.4 Å². The molecule has 0 fully saturated rings. The van der Waals surface area contributed by atoms with Gasteiger partial charge in [-0.15, -0.1) is 0 Å². The smallest absolute Gasteiger partial charge is 0.308 e. The average molecular weight is 216 g/mol. The molecule has 0 aromatic heterocycles. The summed E-state index contributed by atoms with van der Waals surface area (Å²) in [5.41, 5.74) is 0. The van der Waals surface area contributed by atoms with E-state index in [0.717, 1.165) is 0 Å². The largest absolute Gasteiger partial charge is 0.481 e. The van der Waals surface area contributed by atoms with E-state index in [1.807, 2.05) is 0 Å². The maximum atomic E-state index is 11.3. The zero-order chi connectivity index (χ0) is 12.0. The van der Waals surface area contributed by atoms with Crippen molar-refractivity contribution < 1.29 is 19.5 Å². The van der Waals surface area contributed by atoms with Gasteiger partial charge in [-0.1, -0.05) is 6.92 Å². The van der Waals surface area contributed by atoms with Crippen molar-refractivity contribution in [2.45, 2.75) is 26.8 Å². The first-order valence-electron chi connectivity index (χ1n) is 4.62. The number of aliphatic carboxylic acids is 1. The summed E-state index contributed by atoms with van der Waals surface area (Å²) in [6.45, 7) is 4.38. The molecule has 3 N–H and O–H groups in total. The monoisotopic (exact) mass is 216 g/mol. The van der Waals surface area contributed by atoms with Gasteiger partial charge in [0.25, 0.3) is 0 Å². The second kappa shape index (κ2) is 6.00. The number of rotatable bonds is 5. The molecule has 0 aromatic rings. The molecule has 86 valence electrons. The molecule has 2 atom stereocenters. The quantitative estimate of drug-likeness (QED) is 0.569. The number of carboxylic acids is 1. The fourth-order valence-corrected chi connectivity index (χ4v) is 0.865. The molecule has 6 nitrogen and oxygen atoms in total. The van der Waals surface area contributed by atoms with Gasteiger partial charge >= 0.3 is 5.97 Å². The fourth-order valence-electron chi connectivity index (χ4n) is 0.865. The van der Waals surface area contributed by atoms with Gasteiger partial charge in [0.05, 0.1) is 5.92 Å². The Kier molecular flexibility index (Phi) is 5.36. The molecule has 0 radical (unpaired) electrons. The Morgan fingerprint density at radius 3 is 2.20 bits per heavy atom. The van der Waals surface area contributed by atoms with E-state index in [1.165, 1.54) is 20.8 Å². The van der Waals surface area contributed by atoms with Gasteiger partial charge in [0, 0.05) is 13.5 Å². The van der Waals surface area contributed by atoms with Crippen LogP contribution in [0.15, 0.2) is 0 Å². The molecule has 0 aliphatic carbocycles. The molecule has 15 heavy (non-hydrogen) atoms. The van der Waals surface area contributed by atoms with Crippen molar-refractivity contribution in [3.63, 3.8) is 0 Å². The summed E-state index contributed by atoms with van der Waals surface area (Å²) in [6, 6.07) is -0.650. The molecule has 0 saturated carbocycles. The Morgan fingerprint density at radius 2 is 1.80 bits per heavy atom. The summed E-state index contributed by atoms with van der Waals surface area (Å²) in [6.07, 6.45) is 0. The van der Waals surface area contributed by atoms with Crippen LogP contribution in [0.5, 0.6) is 0 Å². The van der Waals surface area contributed by atoms with Crippen LogP contribution in [0.25, 0.3) is 0 Å². The first kappa shape index (κ1) is 13.4. The van der Waals surface area contributed by atoms with E-state index in [0.29, 0.717) is 0 Å². The Balaban J connectivity index is 3.93. The summed E-state index contributed by atoms with van der Waals surface area (Å²) < 4.78 is 0. The highest BCUT2D eigenvalue weighted by Crippen LogP contribution is 1.92. The lowest BCUT2D eigenvalue weighted by Crippen LogP contribution is -2.45. The SMILES string of the molecule is CC(=O)NC(C)C(=O)NCC(C)C(=O)O. The molecular formula is C9H16N2O4. The van der Waals surface area contributed by atoms with Gasteiger partial charge in [-0.25, -0.2) is 0 Å². The van der Waals surface area contributed by atoms with E-state index in [1.54, 1.807) is 0 Å². The molecular weight excluding hydrogens is 200 g/mol. The lowest BCUT2D eigenvalue weighted by Gasteiger charge is -2.14. The van der Waals surface area contributed by atoms with Crippen molar-refractivity contribution in [2.24, 2.45) is 5.92 Å². The Morgan fingerprint density at radius 1 is 1.27 bits per heavy atom. The zero-order valence-electron chi connectivity index (χ0n) is 9.03. The topological polar surface area (TPSA) is 95.5 Å². The van der Waals surface area contributed by atoms with Crippen molar-refractivity contribution >= 4 is 17.8 Å². The normalized spacial score (nSPS) is 13.8. The van der Waals surface area contributed by atoms with E-state index in [-0.39, 0.29) is 12.5 Å². The summed E-state index contributed by atoms with van der Waals surface area (Å²) >= 11 is 0. The number of nitrogens with one attached hydrogen (secondary N) is 2. The summed E-state index contributed by atoms with van der Waals surface area (Å²) in [4.78, 5) is 32.3. The highest BCUT2D eigenvalue weighted by Gasteiger charge is 2.16. The minimum absolute atomic E-state index is 0.0537. The highest BCUT2D eigenvalue weighted by molar-refractivity contribution is 5.86. The van der Waals surface area contributed by atoms with Gasteiger partial charge in [-0.2, -0.15) is 0 Å². The van der Waals surface area contributed by atoms with E-state index in [2.05, 4.69) is 10.6 Å². The van der Waals surface area contributed by atoms with Gasteiger partial charge in [-0.3, -0.25) is 14.4 Å². The molecule has 0 bridgehead atoms. The van der Waals surface area contributed by atoms with Gasteiger partial charge in [0.15, 0.2) is 0 Å². The van der Waals surface area contributed by atoms with Gasteiger partial charge in [0.1, 0.15) is 6.04 Å². The molecule has 0 aliphatic rings. The van der Waals surface area contributed by atoms with Crippen molar-refractivity contribution in [3.05, 3.63) is 0 Å². The van der Waals surface area contributed by atoms with Crippen LogP contribution in [-0.4, -0.2) is 35.5 Å². The third-order valence-electron chi connectivity index (χ3n) is 1.82. The van der Waals surface area contributed by atoms with Crippen molar-refractivity contribution in [1.82, 2.24) is 10.6 Å². The van der Waals surface area contributed by atoms with Crippen molar-refractivity contribution in [2.75, 3.05) is 6.54 Å². The number of amides is 2. The number of carboxylic acid groups (broad SMARTS) is 1. The minimum atomic E-state index is -0.970. The number of carbonyl (C=O) groups excluding carboxylic acids is 2. The standard InChI is InChI=1S/C9H16N2O4/c1-5(9(14)15)4-10-8(13)6(2)11-7(3)12/h5-6H,4H2,1-3H3,(H,10,13)(H,11,12)(H,14,15). The second-order valence-electron chi connectivity index (χ2n) is 3.41. The molecule has 0 spiro atoms. The molecule has 0 heterocycles. The van der Waals surface area contributed by atoms with Crippen molar-refractivity contribution in [1.29, 1.82) is 0 Å². The maximum absolute atomic E-state index is 11.3. The van der Waals surface area contributed by atoms with E-state index < -0.39 is 23.8 Å². The molecule has 6 heteroatoms. The van der Waals surface area contributed by atoms with Crippen LogP contribution in [0, 0.1) is 5.92 Å². The number of hydrogen-bond acceptors (Lipinski definition) is 3. The fraction of sp³-hybridized carbons (Fsp3) is 0.667. The summed E-state index contributed by atoms with van der Waals surface area (Å²) in [7, 11) is 0. The number of carbonyl (C=O) groups is 3. The Labute approximate surface area is 88.0 Å². The first-order chi connectivity index (χ1) is 6.84. The molecule has 0 aromatic carbocycles. The third-order valence-corrected chi connectivity index (χ3v) is 1.82. The molecule has 2 unspecified atom stereocenters. The van der Waals surface area contributed by atoms with Gasteiger partial charge in [-0.05, 0) is 6.92 Å². The Hall–Kier alpha value is -1.59. The van der Waals surface area contributed by atoms with Gasteiger partial charge < -0.3 is 15.7 Å². The Bertz CT molecular complexity index is 265. The maximum Gasteiger partial charge on any atom is 0.308 e. The highest BCUT2D eigenvalue weighted by atomic mass is 16.4. The predicted octanol–water partition coefficient (Wildman–Crippen LogP) is -0.652. The summed E-state index contributed by atoms with van der Waals surface area (Å²) in [5, 5.41) is 13.4. The molecule has 2 amide bonds. The zero-order valence-corrected chi connectivity index (χ0v) is 9.03. The van der Waals surface area contributed by atoms with Crippen LogP contribution >= 0.6 is 0 Å².